The Bertz CT molecular complexity index is 737. The van der Waals surface area contributed by atoms with Gasteiger partial charge in [0.25, 0.3) is 0 Å². The highest BCUT2D eigenvalue weighted by atomic mass is 35.5. The summed E-state index contributed by atoms with van der Waals surface area (Å²) in [6, 6.07) is 11.7. The largest absolute Gasteiger partial charge is 0.272 e. The van der Waals surface area contributed by atoms with Gasteiger partial charge in [0, 0.05) is 24.4 Å². The van der Waals surface area contributed by atoms with Crippen molar-refractivity contribution in [2.24, 2.45) is 0 Å². The molecule has 1 aromatic carbocycles. The van der Waals surface area contributed by atoms with Crippen LogP contribution in [0.15, 0.2) is 48.8 Å². The Hall–Kier alpha value is -2.20. The zero-order valence-corrected chi connectivity index (χ0v) is 12.5. The van der Waals surface area contributed by atoms with Crippen LogP contribution in [0.5, 0.6) is 0 Å². The summed E-state index contributed by atoms with van der Waals surface area (Å²) in [6.07, 6.45) is 4.76. The first-order chi connectivity index (χ1) is 10.3. The molecule has 0 bridgehead atoms. The van der Waals surface area contributed by atoms with Gasteiger partial charge in [-0.1, -0.05) is 48.9 Å². The quantitative estimate of drug-likeness (QED) is 0.682. The third-order valence-electron chi connectivity index (χ3n) is 3.11. The van der Waals surface area contributed by atoms with Crippen LogP contribution >= 0.6 is 11.6 Å². The van der Waals surface area contributed by atoms with Gasteiger partial charge in [-0.05, 0) is 6.42 Å². The summed E-state index contributed by atoms with van der Waals surface area (Å²) in [5.74, 6) is 0.601. The summed E-state index contributed by atoms with van der Waals surface area (Å²) in [5, 5.41) is 4.74. The Morgan fingerprint density at radius 1 is 1.10 bits per heavy atom. The second kappa shape index (κ2) is 6.06. The molecule has 106 valence electrons. The van der Waals surface area contributed by atoms with Gasteiger partial charge in [0.1, 0.15) is 5.15 Å². The molecule has 2 aromatic heterocycles. The van der Waals surface area contributed by atoms with Gasteiger partial charge in [0.05, 0.1) is 17.5 Å². The first kappa shape index (κ1) is 13.8. The normalized spacial score (nSPS) is 10.8. The highest BCUT2D eigenvalue weighted by molar-refractivity contribution is 6.29. The molecule has 0 saturated heterocycles. The van der Waals surface area contributed by atoms with Crippen LogP contribution in [-0.2, 0) is 6.54 Å². The lowest BCUT2D eigenvalue weighted by Crippen LogP contribution is -1.96. The third-order valence-corrected chi connectivity index (χ3v) is 3.30. The van der Waals surface area contributed by atoms with E-state index in [1.807, 2.05) is 41.2 Å². The zero-order chi connectivity index (χ0) is 14.7. The molecular formula is C16H15ClN4. The number of hydrogen-bond acceptors (Lipinski definition) is 3. The molecule has 0 radical (unpaired) electrons. The topological polar surface area (TPSA) is 43.6 Å². The fourth-order valence-corrected chi connectivity index (χ4v) is 2.32. The predicted octanol–water partition coefficient (Wildman–Crippen LogP) is 4.07. The zero-order valence-electron chi connectivity index (χ0n) is 11.7. The second-order valence-electron chi connectivity index (χ2n) is 4.76. The Morgan fingerprint density at radius 2 is 1.90 bits per heavy atom. The summed E-state index contributed by atoms with van der Waals surface area (Å²) >= 11 is 6.14. The van der Waals surface area contributed by atoms with Crippen LogP contribution in [-0.4, -0.2) is 19.7 Å². The smallest absolute Gasteiger partial charge is 0.164 e. The Labute approximate surface area is 128 Å². The van der Waals surface area contributed by atoms with Crippen molar-refractivity contribution >= 4 is 11.6 Å². The van der Waals surface area contributed by atoms with Gasteiger partial charge in [-0.2, -0.15) is 5.10 Å². The van der Waals surface area contributed by atoms with Crippen molar-refractivity contribution in [3.8, 4) is 22.6 Å². The molecular weight excluding hydrogens is 284 g/mol. The highest BCUT2D eigenvalue weighted by Gasteiger charge is 2.09. The molecule has 2 heterocycles. The summed E-state index contributed by atoms with van der Waals surface area (Å²) < 4.78 is 1.89. The lowest BCUT2D eigenvalue weighted by molar-refractivity contribution is 0.603. The van der Waals surface area contributed by atoms with Crippen molar-refractivity contribution in [1.29, 1.82) is 0 Å². The van der Waals surface area contributed by atoms with Crippen molar-refractivity contribution in [3.63, 3.8) is 0 Å². The molecule has 0 fully saturated rings. The molecule has 21 heavy (non-hydrogen) atoms. The van der Waals surface area contributed by atoms with E-state index in [1.165, 1.54) is 0 Å². The molecule has 4 nitrogen and oxygen atoms in total. The second-order valence-corrected chi connectivity index (χ2v) is 5.14. The average Bonchev–Trinajstić information content (AvgIpc) is 2.97. The van der Waals surface area contributed by atoms with E-state index >= 15 is 0 Å². The van der Waals surface area contributed by atoms with Crippen LogP contribution in [0.3, 0.4) is 0 Å². The van der Waals surface area contributed by atoms with Gasteiger partial charge in [-0.15, -0.1) is 0 Å². The number of halogens is 1. The van der Waals surface area contributed by atoms with E-state index in [0.717, 1.165) is 29.8 Å². The molecule has 0 spiro atoms. The van der Waals surface area contributed by atoms with E-state index < -0.39 is 0 Å². The third kappa shape index (κ3) is 3.11. The molecule has 3 aromatic rings. The van der Waals surface area contributed by atoms with E-state index in [9.17, 15) is 0 Å². The Kier molecular flexibility index (Phi) is 3.97. The molecule has 3 rings (SSSR count). The average molecular weight is 299 g/mol. The fraction of sp³-hybridized carbons (Fsp3) is 0.188. The molecule has 0 N–H and O–H groups in total. The maximum atomic E-state index is 6.14. The summed E-state index contributed by atoms with van der Waals surface area (Å²) in [5.41, 5.74) is 2.71. The number of rotatable bonds is 4. The lowest BCUT2D eigenvalue weighted by Gasteiger charge is -2.04. The minimum Gasteiger partial charge on any atom is -0.272 e. The maximum absolute atomic E-state index is 6.14. The molecule has 0 unspecified atom stereocenters. The van der Waals surface area contributed by atoms with Crippen LogP contribution in [0, 0.1) is 0 Å². The predicted molar refractivity (Wildman–Crippen MR) is 84.0 cm³/mol. The molecule has 0 saturated carbocycles. The standard InChI is InChI=1S/C16H15ClN4/c1-2-8-21-11-13(10-18-21)16-19-14(9-15(17)20-16)12-6-4-3-5-7-12/h3-7,9-11H,2,8H2,1H3. The molecule has 0 aliphatic carbocycles. The first-order valence-corrected chi connectivity index (χ1v) is 7.27. The van der Waals surface area contributed by atoms with Crippen molar-refractivity contribution in [2.75, 3.05) is 0 Å². The van der Waals surface area contributed by atoms with Crippen molar-refractivity contribution < 1.29 is 0 Å². The minimum absolute atomic E-state index is 0.432. The monoisotopic (exact) mass is 298 g/mol. The SMILES string of the molecule is CCCn1cc(-c2nc(Cl)cc(-c3ccccc3)n2)cn1. The highest BCUT2D eigenvalue weighted by Crippen LogP contribution is 2.23. The molecule has 0 aliphatic rings. The van der Waals surface area contributed by atoms with Crippen LogP contribution in [0.2, 0.25) is 5.15 Å². The number of hydrogen-bond donors (Lipinski definition) is 0. The summed E-state index contributed by atoms with van der Waals surface area (Å²) in [4.78, 5) is 8.90. The lowest BCUT2D eigenvalue weighted by atomic mass is 10.1. The van der Waals surface area contributed by atoms with E-state index in [1.54, 1.807) is 12.3 Å². The summed E-state index contributed by atoms with van der Waals surface area (Å²) in [6.45, 7) is 3.00. The van der Waals surface area contributed by atoms with E-state index in [-0.39, 0.29) is 0 Å². The number of nitrogens with zero attached hydrogens (tertiary/aromatic N) is 4. The van der Waals surface area contributed by atoms with E-state index in [2.05, 4.69) is 22.0 Å². The van der Waals surface area contributed by atoms with E-state index in [4.69, 9.17) is 11.6 Å². The number of aryl methyl sites for hydroxylation is 1. The van der Waals surface area contributed by atoms with Crippen LogP contribution in [0.25, 0.3) is 22.6 Å². The molecule has 0 aliphatic heterocycles. The van der Waals surface area contributed by atoms with Crippen LogP contribution in [0.4, 0.5) is 0 Å². The maximum Gasteiger partial charge on any atom is 0.164 e. The fourth-order valence-electron chi connectivity index (χ4n) is 2.13. The van der Waals surface area contributed by atoms with Gasteiger partial charge < -0.3 is 0 Å². The van der Waals surface area contributed by atoms with Gasteiger partial charge in [-0.25, -0.2) is 9.97 Å². The molecule has 5 heteroatoms. The number of benzene rings is 1. The van der Waals surface area contributed by atoms with Crippen molar-refractivity contribution in [3.05, 3.63) is 53.9 Å². The first-order valence-electron chi connectivity index (χ1n) is 6.89. The van der Waals surface area contributed by atoms with Gasteiger partial charge in [0.2, 0.25) is 0 Å². The van der Waals surface area contributed by atoms with E-state index in [0.29, 0.717) is 11.0 Å². The van der Waals surface area contributed by atoms with Crippen molar-refractivity contribution in [1.82, 2.24) is 19.7 Å². The van der Waals surface area contributed by atoms with Gasteiger partial charge in [0.15, 0.2) is 5.82 Å². The van der Waals surface area contributed by atoms with Crippen LogP contribution < -0.4 is 0 Å². The molecule has 0 atom stereocenters. The summed E-state index contributed by atoms with van der Waals surface area (Å²) in [7, 11) is 0. The van der Waals surface area contributed by atoms with Gasteiger partial charge in [-0.3, -0.25) is 4.68 Å². The van der Waals surface area contributed by atoms with Gasteiger partial charge >= 0.3 is 0 Å². The Morgan fingerprint density at radius 3 is 2.67 bits per heavy atom. The van der Waals surface area contributed by atoms with Crippen molar-refractivity contribution in [2.45, 2.75) is 19.9 Å². The Balaban J connectivity index is 2.01. The molecule has 0 amide bonds. The van der Waals surface area contributed by atoms with Crippen LogP contribution in [0.1, 0.15) is 13.3 Å². The number of aromatic nitrogens is 4. The minimum atomic E-state index is 0.432.